The molecule has 2 unspecified atom stereocenters. The molecule has 0 aliphatic carbocycles. The first-order valence-electron chi connectivity index (χ1n) is 20.3. The highest BCUT2D eigenvalue weighted by atomic mass is 19.4. The lowest BCUT2D eigenvalue weighted by atomic mass is 9.93. The average molecular weight is 878 g/mol. The molecule has 3 atom stereocenters. The van der Waals surface area contributed by atoms with Crippen LogP contribution in [0.25, 0.3) is 22.3 Å². The number of carbonyl (C=O) groups excluding carboxylic acids is 4. The number of halogens is 3. The predicted molar refractivity (Wildman–Crippen MR) is 231 cm³/mol. The van der Waals surface area contributed by atoms with Crippen LogP contribution in [0.1, 0.15) is 59.8 Å². The molecule has 4 amide bonds. The largest absolute Gasteiger partial charge is 0.492 e. The van der Waals surface area contributed by atoms with E-state index in [1.54, 1.807) is 48.5 Å². The number of nitrogens with two attached hydrogens (primary N) is 3. The van der Waals surface area contributed by atoms with E-state index in [0.717, 1.165) is 23.6 Å². The number of unbranched alkanes of at least 4 members (excludes halogenated alkanes) is 1. The molecule has 4 aromatic carbocycles. The Kier molecular flexibility index (Phi) is 18.0. The minimum Gasteiger partial charge on any atom is -0.492 e. The SMILES string of the molecule is CCCCN.C[C@@H]1NC(=O)C(N(C)C(=O)CNC(=O)c2ccc(-c3ccc(C(F)(F)F)cc3)cc2)c2ccc(OCCN)c(c2)-c2cc(ccc2OCCN)CC(C(=O)O)NC1=O. The lowest BCUT2D eigenvalue weighted by Gasteiger charge is -2.30. The third-order valence-electron chi connectivity index (χ3n) is 9.89. The van der Waals surface area contributed by atoms with Crippen molar-refractivity contribution in [1.29, 1.82) is 0 Å². The van der Waals surface area contributed by atoms with Crippen LogP contribution >= 0.6 is 0 Å². The third-order valence-corrected chi connectivity index (χ3v) is 9.89. The number of aliphatic carboxylic acids is 1. The van der Waals surface area contributed by atoms with Gasteiger partial charge in [0.25, 0.3) is 5.91 Å². The van der Waals surface area contributed by atoms with Crippen LogP contribution in [-0.2, 0) is 31.8 Å². The van der Waals surface area contributed by atoms with Crippen LogP contribution in [0.15, 0.2) is 84.9 Å². The normalized spacial score (nSPS) is 16.2. The highest BCUT2D eigenvalue weighted by Crippen LogP contribution is 2.40. The van der Waals surface area contributed by atoms with Gasteiger partial charge in [-0.1, -0.05) is 49.7 Å². The van der Waals surface area contributed by atoms with Crippen LogP contribution < -0.4 is 42.6 Å². The quantitative estimate of drug-likeness (QED) is 0.0955. The van der Waals surface area contributed by atoms with Crippen molar-refractivity contribution >= 4 is 29.6 Å². The van der Waals surface area contributed by atoms with Crippen molar-refractivity contribution in [2.45, 2.75) is 57.4 Å². The number of nitrogens with zero attached hydrogens (tertiary/aromatic N) is 1. The molecular weight excluding hydrogens is 824 g/mol. The zero-order valence-electron chi connectivity index (χ0n) is 35.3. The lowest BCUT2D eigenvalue weighted by molar-refractivity contribution is -0.142. The van der Waals surface area contributed by atoms with E-state index >= 15 is 0 Å². The Morgan fingerprint density at radius 2 is 1.38 bits per heavy atom. The first-order valence-corrected chi connectivity index (χ1v) is 20.3. The number of fused-ring (bicyclic) bond motifs is 5. The molecule has 18 heteroatoms. The van der Waals surface area contributed by atoms with Gasteiger partial charge < -0.3 is 52.6 Å². The first kappa shape index (κ1) is 49.2. The summed E-state index contributed by atoms with van der Waals surface area (Å²) in [5, 5.41) is 17.6. The van der Waals surface area contributed by atoms with Crippen LogP contribution in [0.2, 0.25) is 0 Å². The third kappa shape index (κ3) is 13.5. The Labute approximate surface area is 363 Å². The fourth-order valence-electron chi connectivity index (χ4n) is 6.47. The van der Waals surface area contributed by atoms with Crippen molar-refractivity contribution in [2.24, 2.45) is 17.2 Å². The summed E-state index contributed by atoms with van der Waals surface area (Å²) in [6.45, 7) is 4.40. The van der Waals surface area contributed by atoms with Gasteiger partial charge in [-0.2, -0.15) is 13.2 Å². The highest BCUT2D eigenvalue weighted by molar-refractivity contribution is 5.98. The van der Waals surface area contributed by atoms with E-state index in [4.69, 9.17) is 26.7 Å². The van der Waals surface area contributed by atoms with Gasteiger partial charge in [-0.05, 0) is 90.7 Å². The molecule has 0 fully saturated rings. The second-order valence-corrected chi connectivity index (χ2v) is 14.6. The Hall–Kier alpha value is -6.50. The number of rotatable bonds is 14. The molecule has 338 valence electrons. The number of ether oxygens (including phenoxy) is 2. The molecule has 10 N–H and O–H groups in total. The highest BCUT2D eigenvalue weighted by Gasteiger charge is 2.34. The molecule has 0 spiro atoms. The van der Waals surface area contributed by atoms with Gasteiger partial charge >= 0.3 is 12.1 Å². The second kappa shape index (κ2) is 23.1. The molecule has 1 aliphatic rings. The molecule has 1 heterocycles. The van der Waals surface area contributed by atoms with Crippen LogP contribution in [0, 0.1) is 0 Å². The number of carboxylic acids is 1. The number of hydrogen-bond acceptors (Lipinski definition) is 10. The minimum atomic E-state index is -4.48. The van der Waals surface area contributed by atoms with Gasteiger partial charge in [0, 0.05) is 43.2 Å². The first-order chi connectivity index (χ1) is 30.0. The number of benzene rings is 4. The van der Waals surface area contributed by atoms with Crippen molar-refractivity contribution < 1.29 is 51.7 Å². The molecule has 0 saturated carbocycles. The molecule has 0 saturated heterocycles. The number of carboxylic acid groups (broad SMARTS) is 1. The van der Waals surface area contributed by atoms with Crippen molar-refractivity contribution in [3.05, 3.63) is 107 Å². The molecule has 4 aromatic rings. The van der Waals surface area contributed by atoms with E-state index in [0.29, 0.717) is 39.3 Å². The molecular formula is C45H54F3N7O8. The molecule has 0 radical (unpaired) electrons. The van der Waals surface area contributed by atoms with E-state index in [-0.39, 0.29) is 43.9 Å². The summed E-state index contributed by atoms with van der Waals surface area (Å²) >= 11 is 0. The van der Waals surface area contributed by atoms with Gasteiger partial charge in [-0.25, -0.2) is 4.79 Å². The van der Waals surface area contributed by atoms with Gasteiger partial charge in [-0.15, -0.1) is 0 Å². The van der Waals surface area contributed by atoms with Crippen LogP contribution in [-0.4, -0.2) is 98.1 Å². The number of amides is 4. The topological polar surface area (TPSA) is 241 Å². The molecule has 5 rings (SSSR count). The summed E-state index contributed by atoms with van der Waals surface area (Å²) in [4.78, 5) is 67.6. The fourth-order valence-corrected chi connectivity index (χ4v) is 6.47. The summed E-state index contributed by atoms with van der Waals surface area (Å²) in [5.74, 6) is -3.50. The Morgan fingerprint density at radius 3 is 1.90 bits per heavy atom. The summed E-state index contributed by atoms with van der Waals surface area (Å²) in [5.41, 5.74) is 18.7. The molecule has 63 heavy (non-hydrogen) atoms. The van der Waals surface area contributed by atoms with Gasteiger partial charge in [0.05, 0.1) is 12.1 Å². The summed E-state index contributed by atoms with van der Waals surface area (Å²) in [6, 6.07) is 16.4. The second-order valence-electron chi connectivity index (χ2n) is 14.6. The van der Waals surface area contributed by atoms with Crippen LogP contribution in [0.5, 0.6) is 11.5 Å². The van der Waals surface area contributed by atoms with E-state index in [9.17, 15) is 42.3 Å². The lowest BCUT2D eigenvalue weighted by Crippen LogP contribution is -2.53. The van der Waals surface area contributed by atoms with Crippen LogP contribution in [0.4, 0.5) is 13.2 Å². The number of nitrogens with one attached hydrogen (secondary N) is 3. The number of likely N-dealkylation sites (N-methyl/N-ethyl adjacent to an activating group) is 1. The van der Waals surface area contributed by atoms with Gasteiger partial charge in [0.15, 0.2) is 0 Å². The monoisotopic (exact) mass is 877 g/mol. The Morgan fingerprint density at radius 1 is 0.810 bits per heavy atom. The van der Waals surface area contributed by atoms with Crippen molar-refractivity contribution in [3.63, 3.8) is 0 Å². The zero-order chi connectivity index (χ0) is 46.3. The zero-order valence-corrected chi connectivity index (χ0v) is 35.3. The predicted octanol–water partition coefficient (Wildman–Crippen LogP) is 4.02. The Balaban J connectivity index is 0.00000165. The van der Waals surface area contributed by atoms with Crippen molar-refractivity contribution in [3.8, 4) is 33.8 Å². The summed E-state index contributed by atoms with van der Waals surface area (Å²) < 4.78 is 50.9. The standard InChI is InChI=1S/C41H43F3N6O8.C4H11N/c1-23-37(52)49-32(40(55)56)20-24-3-13-33(57-17-15-45)30(19-24)31-21-28(10-14-34(31)58-18-16-46)36(39(54)48-23)50(2)35(51)22-47-38(53)27-6-4-25(5-7-27)26-8-11-29(12-9-26)41(42,43)44;1-2-3-4-5/h3-14,19,21,23,32,36H,15-18,20,22,45-46H2,1-2H3,(H,47,53)(H,48,54)(H,49,52)(H,55,56);2-5H2,1H3/t23-,32?,36?;/m0./s1. The van der Waals surface area contributed by atoms with E-state index < -0.39 is 66.0 Å². The molecule has 4 bridgehead atoms. The van der Waals surface area contributed by atoms with Crippen molar-refractivity contribution in [2.75, 3.05) is 46.4 Å². The maximum Gasteiger partial charge on any atom is 0.416 e. The Bertz CT molecular complexity index is 2200. The van der Waals surface area contributed by atoms with Crippen molar-refractivity contribution in [1.82, 2.24) is 20.9 Å². The van der Waals surface area contributed by atoms with E-state index in [1.165, 1.54) is 51.1 Å². The molecule has 15 nitrogen and oxygen atoms in total. The summed E-state index contributed by atoms with van der Waals surface area (Å²) in [7, 11) is 1.35. The molecule has 0 aromatic heterocycles. The van der Waals surface area contributed by atoms with Crippen LogP contribution in [0.3, 0.4) is 0 Å². The van der Waals surface area contributed by atoms with Gasteiger partial charge in [0.1, 0.15) is 42.8 Å². The number of carbonyl (C=O) groups is 5. The van der Waals surface area contributed by atoms with E-state index in [1.807, 2.05) is 0 Å². The summed E-state index contributed by atoms with van der Waals surface area (Å²) in [6.07, 6.45) is -2.20. The van der Waals surface area contributed by atoms with Gasteiger partial charge in [-0.3, -0.25) is 19.2 Å². The number of alkyl halides is 3. The maximum atomic E-state index is 14.1. The average Bonchev–Trinajstić information content (AvgIpc) is 3.26. The van der Waals surface area contributed by atoms with E-state index in [2.05, 4.69) is 22.9 Å². The maximum absolute atomic E-state index is 14.1. The smallest absolute Gasteiger partial charge is 0.416 e. The molecule has 1 aliphatic heterocycles. The van der Waals surface area contributed by atoms with Gasteiger partial charge in [0.2, 0.25) is 17.7 Å². The fraction of sp³-hybridized carbons (Fsp3) is 0.356. The number of hydrogen-bond donors (Lipinski definition) is 7. The minimum absolute atomic E-state index is 0.112.